The molecule has 1 aromatic carbocycles. The number of rotatable bonds is 6. The Bertz CT molecular complexity index is 352. The van der Waals surface area contributed by atoms with Crippen molar-refractivity contribution in [2.75, 3.05) is 21.3 Å². The van der Waals surface area contributed by atoms with Gasteiger partial charge >= 0.3 is 0 Å². The maximum atomic E-state index is 9.95. The lowest BCUT2D eigenvalue weighted by Gasteiger charge is -2.20. The molecule has 1 rings (SSSR count). The summed E-state index contributed by atoms with van der Waals surface area (Å²) in [6.07, 6.45) is -0.985. The van der Waals surface area contributed by atoms with Crippen LogP contribution in [-0.2, 0) is 15.9 Å². The van der Waals surface area contributed by atoms with Crippen LogP contribution in [0.15, 0.2) is 22.7 Å². The van der Waals surface area contributed by atoms with Crippen molar-refractivity contribution >= 4 is 15.9 Å². The van der Waals surface area contributed by atoms with Crippen LogP contribution in [0.2, 0.25) is 0 Å². The zero-order valence-electron chi connectivity index (χ0n) is 10.1. The normalized spacial score (nSPS) is 12.8. The molecular formula is C12H17BrO4. The molecule has 0 aromatic heterocycles. The molecule has 1 aromatic rings. The van der Waals surface area contributed by atoms with Gasteiger partial charge in [0.25, 0.3) is 0 Å². The molecule has 0 amide bonds. The molecule has 0 bridgehead atoms. The fraction of sp³-hybridized carbons (Fsp3) is 0.500. The lowest BCUT2D eigenvalue weighted by molar-refractivity contribution is -0.163. The van der Waals surface area contributed by atoms with Gasteiger partial charge in [-0.1, -0.05) is 15.9 Å². The van der Waals surface area contributed by atoms with Crippen LogP contribution in [0.25, 0.3) is 0 Å². The van der Waals surface area contributed by atoms with Crippen LogP contribution in [0.3, 0.4) is 0 Å². The van der Waals surface area contributed by atoms with E-state index in [1.165, 1.54) is 14.2 Å². The van der Waals surface area contributed by atoms with E-state index >= 15 is 0 Å². The van der Waals surface area contributed by atoms with Gasteiger partial charge in [-0.3, -0.25) is 0 Å². The molecule has 0 aliphatic carbocycles. The van der Waals surface area contributed by atoms with Crippen molar-refractivity contribution in [1.29, 1.82) is 0 Å². The molecular weight excluding hydrogens is 288 g/mol. The molecule has 0 aliphatic heterocycles. The highest BCUT2D eigenvalue weighted by Gasteiger charge is 2.20. The maximum absolute atomic E-state index is 9.95. The van der Waals surface area contributed by atoms with E-state index in [0.29, 0.717) is 6.42 Å². The van der Waals surface area contributed by atoms with Crippen LogP contribution >= 0.6 is 15.9 Å². The molecule has 0 saturated heterocycles. The Labute approximate surface area is 110 Å². The predicted molar refractivity (Wildman–Crippen MR) is 68.2 cm³/mol. The maximum Gasteiger partial charge on any atom is 0.183 e. The van der Waals surface area contributed by atoms with Gasteiger partial charge in [-0.05, 0) is 23.8 Å². The van der Waals surface area contributed by atoms with Gasteiger partial charge in [0.05, 0.1) is 7.11 Å². The number of benzene rings is 1. The minimum absolute atomic E-state index is 0.398. The molecule has 96 valence electrons. The van der Waals surface area contributed by atoms with Gasteiger partial charge in [0.1, 0.15) is 11.9 Å². The van der Waals surface area contributed by atoms with Crippen molar-refractivity contribution in [3.05, 3.63) is 28.2 Å². The topological polar surface area (TPSA) is 47.9 Å². The highest BCUT2D eigenvalue weighted by Crippen LogP contribution is 2.25. The molecule has 1 atom stereocenters. The minimum Gasteiger partial charge on any atom is -0.496 e. The lowest BCUT2D eigenvalue weighted by atomic mass is 10.1. The number of aliphatic hydroxyl groups is 1. The third-order valence-electron chi connectivity index (χ3n) is 2.45. The second-order valence-corrected chi connectivity index (χ2v) is 4.48. The van der Waals surface area contributed by atoms with E-state index in [9.17, 15) is 5.11 Å². The van der Waals surface area contributed by atoms with E-state index in [1.54, 1.807) is 7.11 Å². The zero-order chi connectivity index (χ0) is 12.8. The first kappa shape index (κ1) is 14.4. The molecule has 0 heterocycles. The summed E-state index contributed by atoms with van der Waals surface area (Å²) in [5, 5.41) is 9.95. The van der Waals surface area contributed by atoms with E-state index in [0.717, 1.165) is 15.8 Å². The van der Waals surface area contributed by atoms with Crippen LogP contribution in [-0.4, -0.2) is 38.8 Å². The standard InChI is InChI=1S/C12H17BrO4/c1-15-11-5-4-9(13)6-8(11)7-10(14)12(16-2)17-3/h4-6,10,12,14H,7H2,1-3H3. The van der Waals surface area contributed by atoms with Gasteiger partial charge in [0.15, 0.2) is 6.29 Å². The summed E-state index contributed by atoms with van der Waals surface area (Å²) >= 11 is 3.39. The Hall–Kier alpha value is -0.620. The second-order valence-electron chi connectivity index (χ2n) is 3.57. The predicted octanol–water partition coefficient (Wildman–Crippen LogP) is 1.98. The summed E-state index contributed by atoms with van der Waals surface area (Å²) in [6, 6.07) is 5.64. The monoisotopic (exact) mass is 304 g/mol. The first-order chi connectivity index (χ1) is 8.12. The van der Waals surface area contributed by atoms with Crippen molar-refractivity contribution in [2.45, 2.75) is 18.8 Å². The first-order valence-electron chi connectivity index (χ1n) is 5.18. The molecule has 0 saturated carbocycles. The minimum atomic E-state index is -0.742. The number of methoxy groups -OCH3 is 3. The van der Waals surface area contributed by atoms with Crippen molar-refractivity contribution in [1.82, 2.24) is 0 Å². The number of hydrogen-bond acceptors (Lipinski definition) is 4. The van der Waals surface area contributed by atoms with Crippen LogP contribution in [0.4, 0.5) is 0 Å². The van der Waals surface area contributed by atoms with Gasteiger partial charge in [-0.25, -0.2) is 0 Å². The van der Waals surface area contributed by atoms with Gasteiger partial charge in [0.2, 0.25) is 0 Å². The highest BCUT2D eigenvalue weighted by atomic mass is 79.9. The number of ether oxygens (including phenoxy) is 3. The fourth-order valence-corrected chi connectivity index (χ4v) is 2.05. The van der Waals surface area contributed by atoms with E-state index in [4.69, 9.17) is 14.2 Å². The third kappa shape index (κ3) is 3.96. The molecule has 5 heteroatoms. The van der Waals surface area contributed by atoms with Gasteiger partial charge in [-0.2, -0.15) is 0 Å². The Morgan fingerprint density at radius 2 is 1.88 bits per heavy atom. The smallest absolute Gasteiger partial charge is 0.183 e. The highest BCUT2D eigenvalue weighted by molar-refractivity contribution is 9.10. The van der Waals surface area contributed by atoms with Crippen molar-refractivity contribution in [3.63, 3.8) is 0 Å². The van der Waals surface area contributed by atoms with Crippen molar-refractivity contribution in [3.8, 4) is 5.75 Å². The molecule has 4 nitrogen and oxygen atoms in total. The van der Waals surface area contributed by atoms with Crippen LogP contribution in [0.5, 0.6) is 5.75 Å². The van der Waals surface area contributed by atoms with E-state index in [1.807, 2.05) is 18.2 Å². The van der Waals surface area contributed by atoms with Crippen LogP contribution in [0.1, 0.15) is 5.56 Å². The molecule has 17 heavy (non-hydrogen) atoms. The fourth-order valence-electron chi connectivity index (χ4n) is 1.64. The molecule has 0 aliphatic rings. The number of hydrogen-bond donors (Lipinski definition) is 1. The Kier molecular flexibility index (Phi) is 5.91. The van der Waals surface area contributed by atoms with Crippen LogP contribution < -0.4 is 4.74 Å². The lowest BCUT2D eigenvalue weighted by Crippen LogP contribution is -2.31. The van der Waals surface area contributed by atoms with Gasteiger partial charge in [-0.15, -0.1) is 0 Å². The van der Waals surface area contributed by atoms with E-state index < -0.39 is 12.4 Å². The largest absolute Gasteiger partial charge is 0.496 e. The summed E-state index contributed by atoms with van der Waals surface area (Å²) in [4.78, 5) is 0. The zero-order valence-corrected chi connectivity index (χ0v) is 11.7. The number of aliphatic hydroxyl groups excluding tert-OH is 1. The Balaban J connectivity index is 2.82. The van der Waals surface area contributed by atoms with Gasteiger partial charge < -0.3 is 19.3 Å². The van der Waals surface area contributed by atoms with Gasteiger partial charge in [0, 0.05) is 25.1 Å². The summed E-state index contributed by atoms with van der Waals surface area (Å²) < 4.78 is 16.2. The Morgan fingerprint density at radius 1 is 1.24 bits per heavy atom. The summed E-state index contributed by atoms with van der Waals surface area (Å²) in [6.45, 7) is 0. The van der Waals surface area contributed by atoms with Crippen LogP contribution in [0, 0.1) is 0 Å². The third-order valence-corrected chi connectivity index (χ3v) is 2.94. The quantitative estimate of drug-likeness (QED) is 0.817. The van der Waals surface area contributed by atoms with Crippen molar-refractivity contribution in [2.24, 2.45) is 0 Å². The second kappa shape index (κ2) is 6.96. The molecule has 1 unspecified atom stereocenters. The Morgan fingerprint density at radius 3 is 2.41 bits per heavy atom. The molecule has 0 radical (unpaired) electrons. The van der Waals surface area contributed by atoms with E-state index in [2.05, 4.69) is 15.9 Å². The van der Waals surface area contributed by atoms with Crippen molar-refractivity contribution < 1.29 is 19.3 Å². The summed E-state index contributed by atoms with van der Waals surface area (Å²) in [5.74, 6) is 0.734. The molecule has 1 N–H and O–H groups in total. The SMILES string of the molecule is COc1ccc(Br)cc1CC(O)C(OC)OC. The average Bonchev–Trinajstić information content (AvgIpc) is 2.31. The summed E-state index contributed by atoms with van der Waals surface area (Å²) in [7, 11) is 4.59. The first-order valence-corrected chi connectivity index (χ1v) is 5.97. The molecule has 0 spiro atoms. The van der Waals surface area contributed by atoms with E-state index in [-0.39, 0.29) is 0 Å². The summed E-state index contributed by atoms with van der Waals surface area (Å²) in [5.41, 5.74) is 0.897. The number of halogens is 1. The molecule has 0 fully saturated rings. The average molecular weight is 305 g/mol.